The number of aromatic nitrogens is 1. The van der Waals surface area contributed by atoms with Crippen molar-refractivity contribution in [3.63, 3.8) is 0 Å². The number of thiazole rings is 1. The van der Waals surface area contributed by atoms with Gasteiger partial charge in [0.25, 0.3) is 0 Å². The third kappa shape index (κ3) is 2.59. The van der Waals surface area contributed by atoms with Gasteiger partial charge in [0.05, 0.1) is 16.4 Å². The monoisotopic (exact) mass is 307 g/mol. The summed E-state index contributed by atoms with van der Waals surface area (Å²) in [6.07, 6.45) is 3.72. The molecule has 1 atom stereocenters. The molecule has 0 spiro atoms. The lowest BCUT2D eigenvalue weighted by Crippen LogP contribution is -2.26. The molecule has 0 saturated carbocycles. The molecule has 102 valence electrons. The second-order valence-electron chi connectivity index (χ2n) is 4.43. The van der Waals surface area contributed by atoms with Crippen molar-refractivity contribution in [3.8, 4) is 0 Å². The smallest absolute Gasteiger partial charge is 0.145 e. The molecule has 3 rings (SSSR count). The van der Waals surface area contributed by atoms with Gasteiger partial charge in [0, 0.05) is 16.9 Å². The Labute approximate surface area is 124 Å². The summed E-state index contributed by atoms with van der Waals surface area (Å²) in [5.41, 5.74) is 3.53. The van der Waals surface area contributed by atoms with Crippen LogP contribution < -0.4 is 5.32 Å². The topological polar surface area (TPSA) is 37.3 Å². The molecule has 1 unspecified atom stereocenters. The van der Waals surface area contributed by atoms with Crippen molar-refractivity contribution in [2.45, 2.75) is 13.0 Å². The number of benzene rings is 1. The molecule has 0 radical (unpaired) electrons. The lowest BCUT2D eigenvalue weighted by atomic mass is 10.0. The van der Waals surface area contributed by atoms with Gasteiger partial charge in [-0.05, 0) is 30.7 Å². The van der Waals surface area contributed by atoms with Gasteiger partial charge in [-0.3, -0.25) is 9.98 Å². The van der Waals surface area contributed by atoms with Crippen molar-refractivity contribution in [3.05, 3.63) is 63.0 Å². The van der Waals surface area contributed by atoms with Crippen LogP contribution in [0.1, 0.15) is 23.4 Å². The van der Waals surface area contributed by atoms with E-state index in [9.17, 15) is 4.39 Å². The number of nitrogens with zero attached hydrogens (tertiary/aromatic N) is 2. The highest BCUT2D eigenvalue weighted by molar-refractivity contribution is 7.11. The summed E-state index contributed by atoms with van der Waals surface area (Å²) < 4.78 is 13.1. The number of hydrogen-bond acceptors (Lipinski definition) is 4. The number of halogens is 2. The summed E-state index contributed by atoms with van der Waals surface area (Å²) >= 11 is 7.63. The largest absolute Gasteiger partial charge is 0.343 e. The zero-order valence-corrected chi connectivity index (χ0v) is 12.2. The Hall–Kier alpha value is -1.72. The number of nitrogens with one attached hydrogen (secondary N) is 1. The Balaban J connectivity index is 2.01. The average Bonchev–Trinajstić information content (AvgIpc) is 2.91. The molecule has 2 heterocycles. The van der Waals surface area contributed by atoms with E-state index in [2.05, 4.69) is 15.3 Å². The highest BCUT2D eigenvalue weighted by Crippen LogP contribution is 2.30. The summed E-state index contributed by atoms with van der Waals surface area (Å²) in [6, 6.07) is 4.16. The van der Waals surface area contributed by atoms with E-state index in [-0.39, 0.29) is 11.9 Å². The van der Waals surface area contributed by atoms with Crippen LogP contribution in [0, 0.1) is 5.82 Å². The van der Waals surface area contributed by atoms with Crippen LogP contribution in [0.2, 0.25) is 5.02 Å². The van der Waals surface area contributed by atoms with Gasteiger partial charge in [0.15, 0.2) is 0 Å². The van der Waals surface area contributed by atoms with Crippen molar-refractivity contribution in [1.82, 2.24) is 10.3 Å². The van der Waals surface area contributed by atoms with Crippen LogP contribution in [0.5, 0.6) is 0 Å². The first kappa shape index (κ1) is 13.3. The zero-order valence-electron chi connectivity index (χ0n) is 10.6. The van der Waals surface area contributed by atoms with E-state index >= 15 is 0 Å². The molecule has 1 aliphatic heterocycles. The quantitative estimate of drug-likeness (QED) is 0.912. The third-order valence-electron chi connectivity index (χ3n) is 2.94. The number of amidine groups is 1. The van der Waals surface area contributed by atoms with Crippen molar-refractivity contribution < 1.29 is 4.39 Å². The fourth-order valence-corrected chi connectivity index (χ4v) is 2.88. The second-order valence-corrected chi connectivity index (χ2v) is 5.72. The molecular formula is C14H11ClFN3S. The highest BCUT2D eigenvalue weighted by atomic mass is 35.5. The van der Waals surface area contributed by atoms with E-state index in [0.717, 1.165) is 22.0 Å². The minimum Gasteiger partial charge on any atom is -0.343 e. The Kier molecular flexibility index (Phi) is 3.54. The number of hydrogen-bond donors (Lipinski definition) is 1. The first-order valence-electron chi connectivity index (χ1n) is 6.00. The lowest BCUT2D eigenvalue weighted by molar-refractivity contribution is 0.626. The molecule has 2 aromatic rings. The minimum atomic E-state index is -0.347. The van der Waals surface area contributed by atoms with Crippen molar-refractivity contribution in [1.29, 1.82) is 0 Å². The molecule has 6 heteroatoms. The van der Waals surface area contributed by atoms with E-state index in [0.29, 0.717) is 5.02 Å². The number of allylic oxidation sites excluding steroid dienone is 1. The summed E-state index contributed by atoms with van der Waals surface area (Å²) in [5.74, 6) is 0.415. The first-order chi connectivity index (χ1) is 9.63. The van der Waals surface area contributed by atoms with Gasteiger partial charge in [-0.25, -0.2) is 4.39 Å². The molecule has 0 amide bonds. The molecule has 0 bridgehead atoms. The molecule has 0 fully saturated rings. The Morgan fingerprint density at radius 1 is 1.40 bits per heavy atom. The zero-order chi connectivity index (χ0) is 14.1. The van der Waals surface area contributed by atoms with Gasteiger partial charge in [-0.1, -0.05) is 17.7 Å². The predicted octanol–water partition coefficient (Wildman–Crippen LogP) is 3.93. The SMILES string of the molecule is CC1=CC(c2ccc(F)cc2Cl)N=C(c2cncs2)N1. The standard InChI is InChI=1S/C14H11ClFN3S/c1-8-4-12(10-3-2-9(16)5-11(10)15)19-14(18-8)13-6-17-7-20-13/h2-7,12H,1H3,(H,18,19). The fraction of sp³-hybridized carbons (Fsp3) is 0.143. The summed E-state index contributed by atoms with van der Waals surface area (Å²) in [6.45, 7) is 1.96. The number of rotatable bonds is 2. The van der Waals surface area contributed by atoms with E-state index in [1.165, 1.54) is 23.5 Å². The van der Waals surface area contributed by atoms with E-state index in [1.807, 2.05) is 13.0 Å². The molecular weight excluding hydrogens is 297 g/mol. The first-order valence-corrected chi connectivity index (χ1v) is 7.26. The average molecular weight is 308 g/mol. The second kappa shape index (κ2) is 5.34. The van der Waals surface area contributed by atoms with Crippen molar-refractivity contribution in [2.75, 3.05) is 0 Å². The fourth-order valence-electron chi connectivity index (χ4n) is 2.03. The molecule has 1 aromatic heterocycles. The molecule has 1 aromatic carbocycles. The maximum absolute atomic E-state index is 13.1. The van der Waals surface area contributed by atoms with Gasteiger partial charge in [-0.2, -0.15) is 0 Å². The third-order valence-corrected chi connectivity index (χ3v) is 4.05. The van der Waals surface area contributed by atoms with E-state index < -0.39 is 0 Å². The summed E-state index contributed by atoms with van der Waals surface area (Å²) in [5, 5.41) is 3.60. The predicted molar refractivity (Wildman–Crippen MR) is 79.7 cm³/mol. The Morgan fingerprint density at radius 3 is 2.95 bits per heavy atom. The molecule has 0 aliphatic carbocycles. The minimum absolute atomic E-state index is 0.221. The maximum atomic E-state index is 13.1. The summed E-state index contributed by atoms with van der Waals surface area (Å²) in [7, 11) is 0. The van der Waals surface area contributed by atoms with Crippen LogP contribution in [0.15, 0.2) is 46.7 Å². The maximum Gasteiger partial charge on any atom is 0.145 e. The van der Waals surface area contributed by atoms with Crippen LogP contribution in [-0.2, 0) is 0 Å². The van der Waals surface area contributed by atoms with Crippen molar-refractivity contribution >= 4 is 28.8 Å². The van der Waals surface area contributed by atoms with Gasteiger partial charge in [0.2, 0.25) is 0 Å². The summed E-state index contributed by atoms with van der Waals surface area (Å²) in [4.78, 5) is 9.64. The highest BCUT2D eigenvalue weighted by Gasteiger charge is 2.19. The van der Waals surface area contributed by atoms with Crippen LogP contribution >= 0.6 is 22.9 Å². The van der Waals surface area contributed by atoms with Crippen LogP contribution in [-0.4, -0.2) is 10.8 Å². The Morgan fingerprint density at radius 2 is 2.25 bits per heavy atom. The normalized spacial score (nSPS) is 18.2. The van der Waals surface area contributed by atoms with Crippen LogP contribution in [0.25, 0.3) is 0 Å². The molecule has 1 N–H and O–H groups in total. The van der Waals surface area contributed by atoms with Gasteiger partial charge in [-0.15, -0.1) is 11.3 Å². The van der Waals surface area contributed by atoms with Gasteiger partial charge < -0.3 is 5.32 Å². The van der Waals surface area contributed by atoms with Crippen LogP contribution in [0.4, 0.5) is 4.39 Å². The van der Waals surface area contributed by atoms with Crippen LogP contribution in [0.3, 0.4) is 0 Å². The molecule has 0 saturated heterocycles. The van der Waals surface area contributed by atoms with E-state index in [1.54, 1.807) is 17.8 Å². The van der Waals surface area contributed by atoms with Gasteiger partial charge in [0.1, 0.15) is 11.7 Å². The van der Waals surface area contributed by atoms with Gasteiger partial charge >= 0.3 is 0 Å². The van der Waals surface area contributed by atoms with E-state index in [4.69, 9.17) is 11.6 Å². The number of aliphatic imine (C=N–C) groups is 1. The molecule has 3 nitrogen and oxygen atoms in total. The lowest BCUT2D eigenvalue weighted by Gasteiger charge is -2.20. The Bertz CT molecular complexity index is 694. The molecule has 1 aliphatic rings. The molecule has 20 heavy (non-hydrogen) atoms. The van der Waals surface area contributed by atoms with Crippen molar-refractivity contribution in [2.24, 2.45) is 4.99 Å².